The average Bonchev–Trinajstić information content (AvgIpc) is 2.13. The standard InChI is InChI=1S/C8H17BO4/c1-5-7(10)8(2,11-3)4-6(12-5)13-9/h5-7,10H,4,9H2,1-3H3/t5-,6-,7-,8+/m0/s1. The Morgan fingerprint density at radius 1 is 1.62 bits per heavy atom. The summed E-state index contributed by atoms with van der Waals surface area (Å²) in [6.07, 6.45) is -0.609. The van der Waals surface area contributed by atoms with Gasteiger partial charge in [-0.2, -0.15) is 0 Å². The van der Waals surface area contributed by atoms with Crippen molar-refractivity contribution >= 4 is 8.05 Å². The molecule has 0 unspecified atom stereocenters. The van der Waals surface area contributed by atoms with Crippen LogP contribution in [0.2, 0.25) is 0 Å². The van der Waals surface area contributed by atoms with Crippen molar-refractivity contribution in [1.29, 1.82) is 0 Å². The molecule has 1 rings (SSSR count). The van der Waals surface area contributed by atoms with Crippen molar-refractivity contribution in [1.82, 2.24) is 0 Å². The average molecular weight is 188 g/mol. The lowest BCUT2D eigenvalue weighted by Crippen LogP contribution is -2.56. The van der Waals surface area contributed by atoms with Gasteiger partial charge >= 0.3 is 0 Å². The molecule has 0 aromatic heterocycles. The highest BCUT2D eigenvalue weighted by atomic mass is 16.7. The van der Waals surface area contributed by atoms with E-state index in [9.17, 15) is 5.11 Å². The van der Waals surface area contributed by atoms with Crippen molar-refractivity contribution in [3.63, 3.8) is 0 Å². The molecular weight excluding hydrogens is 171 g/mol. The maximum absolute atomic E-state index is 9.80. The molecule has 1 aliphatic heterocycles. The zero-order chi connectivity index (χ0) is 10.1. The molecule has 4 nitrogen and oxygen atoms in total. The summed E-state index contributed by atoms with van der Waals surface area (Å²) >= 11 is 0. The summed E-state index contributed by atoms with van der Waals surface area (Å²) in [5, 5.41) is 9.80. The first-order valence-electron chi connectivity index (χ1n) is 4.45. The number of aliphatic hydroxyl groups excluding tert-OH is 1. The van der Waals surface area contributed by atoms with Gasteiger partial charge in [-0.3, -0.25) is 0 Å². The van der Waals surface area contributed by atoms with Gasteiger partial charge in [0.1, 0.15) is 12.4 Å². The topological polar surface area (TPSA) is 47.9 Å². The van der Waals surface area contributed by atoms with Gasteiger partial charge in [-0.25, -0.2) is 0 Å². The van der Waals surface area contributed by atoms with Crippen LogP contribution in [0.3, 0.4) is 0 Å². The third-order valence-electron chi connectivity index (χ3n) is 2.74. The highest BCUT2D eigenvalue weighted by molar-refractivity contribution is 5.98. The minimum Gasteiger partial charge on any atom is -0.421 e. The first kappa shape index (κ1) is 11.0. The molecule has 13 heavy (non-hydrogen) atoms. The van der Waals surface area contributed by atoms with Crippen LogP contribution in [0.5, 0.6) is 0 Å². The summed E-state index contributed by atoms with van der Waals surface area (Å²) in [5.74, 6) is 0. The largest absolute Gasteiger partial charge is 0.421 e. The number of hydrogen-bond acceptors (Lipinski definition) is 4. The molecule has 0 aromatic rings. The van der Waals surface area contributed by atoms with Gasteiger partial charge in [0.05, 0.1) is 11.7 Å². The number of rotatable bonds is 2. The van der Waals surface area contributed by atoms with E-state index in [1.54, 1.807) is 15.2 Å². The second-order valence-corrected chi connectivity index (χ2v) is 3.67. The maximum atomic E-state index is 9.80. The second kappa shape index (κ2) is 3.96. The van der Waals surface area contributed by atoms with E-state index in [-0.39, 0.29) is 12.4 Å². The number of hydrogen-bond donors (Lipinski definition) is 1. The third kappa shape index (κ3) is 2.04. The Bertz CT molecular complexity index is 178. The summed E-state index contributed by atoms with van der Waals surface area (Å²) in [6, 6.07) is 0. The fourth-order valence-corrected chi connectivity index (χ4v) is 1.65. The molecule has 1 aliphatic rings. The second-order valence-electron chi connectivity index (χ2n) is 3.67. The molecule has 0 spiro atoms. The van der Waals surface area contributed by atoms with E-state index in [4.69, 9.17) is 14.1 Å². The molecule has 1 N–H and O–H groups in total. The lowest BCUT2D eigenvalue weighted by Gasteiger charge is -2.44. The van der Waals surface area contributed by atoms with Crippen molar-refractivity contribution < 1.29 is 19.2 Å². The monoisotopic (exact) mass is 188 g/mol. The highest BCUT2D eigenvalue weighted by Gasteiger charge is 2.44. The van der Waals surface area contributed by atoms with Crippen LogP contribution in [-0.4, -0.2) is 44.4 Å². The lowest BCUT2D eigenvalue weighted by molar-refractivity contribution is -0.255. The predicted octanol–water partition coefficient (Wildman–Crippen LogP) is -0.548. The first-order valence-corrected chi connectivity index (χ1v) is 4.45. The molecule has 1 heterocycles. The van der Waals surface area contributed by atoms with Gasteiger partial charge in [0, 0.05) is 13.5 Å². The van der Waals surface area contributed by atoms with Crippen molar-refractivity contribution in [2.45, 2.75) is 44.4 Å². The quantitative estimate of drug-likeness (QED) is 0.590. The lowest BCUT2D eigenvalue weighted by atomic mass is 9.88. The molecule has 0 saturated carbocycles. The Labute approximate surface area is 79.6 Å². The van der Waals surface area contributed by atoms with Crippen molar-refractivity contribution in [2.75, 3.05) is 7.11 Å². The molecule has 0 bridgehead atoms. The highest BCUT2D eigenvalue weighted by Crippen LogP contribution is 2.31. The Balaban J connectivity index is 2.71. The minimum atomic E-state index is -0.608. The van der Waals surface area contributed by atoms with E-state index < -0.39 is 11.7 Å². The van der Waals surface area contributed by atoms with E-state index >= 15 is 0 Å². The van der Waals surface area contributed by atoms with Crippen LogP contribution in [0, 0.1) is 0 Å². The van der Waals surface area contributed by atoms with E-state index in [1.807, 2.05) is 13.8 Å². The van der Waals surface area contributed by atoms with Crippen LogP contribution in [0.4, 0.5) is 0 Å². The molecule has 5 heteroatoms. The summed E-state index contributed by atoms with van der Waals surface area (Å²) in [6.45, 7) is 3.68. The molecule has 4 atom stereocenters. The van der Waals surface area contributed by atoms with Crippen molar-refractivity contribution in [2.24, 2.45) is 0 Å². The molecule has 0 amide bonds. The molecule has 0 radical (unpaired) electrons. The minimum absolute atomic E-state index is 0.261. The van der Waals surface area contributed by atoms with Crippen LogP contribution in [-0.2, 0) is 14.1 Å². The summed E-state index contributed by atoms with van der Waals surface area (Å²) in [4.78, 5) is 0. The zero-order valence-corrected chi connectivity index (χ0v) is 8.61. The predicted molar refractivity (Wildman–Crippen MR) is 50.0 cm³/mol. The first-order chi connectivity index (χ1) is 6.03. The van der Waals surface area contributed by atoms with Gasteiger partial charge in [0.25, 0.3) is 8.05 Å². The Hall–Kier alpha value is -0.0951. The van der Waals surface area contributed by atoms with Gasteiger partial charge in [0.2, 0.25) is 0 Å². The van der Waals surface area contributed by atoms with Crippen LogP contribution < -0.4 is 0 Å². The molecule has 76 valence electrons. The molecule has 1 saturated heterocycles. The summed E-state index contributed by atoms with van der Waals surface area (Å²) < 4.78 is 15.8. The van der Waals surface area contributed by atoms with Gasteiger partial charge < -0.3 is 19.2 Å². The normalized spacial score (nSPS) is 46.3. The summed E-state index contributed by atoms with van der Waals surface area (Å²) in [7, 11) is 3.18. The Kier molecular flexibility index (Phi) is 3.35. The van der Waals surface area contributed by atoms with E-state index in [2.05, 4.69) is 0 Å². The van der Waals surface area contributed by atoms with Gasteiger partial charge in [0.15, 0.2) is 0 Å². The molecular formula is C8H17BO4. The Morgan fingerprint density at radius 3 is 2.69 bits per heavy atom. The van der Waals surface area contributed by atoms with Gasteiger partial charge in [-0.15, -0.1) is 0 Å². The smallest absolute Gasteiger partial charge is 0.260 e. The summed E-state index contributed by atoms with van der Waals surface area (Å²) in [5.41, 5.74) is -0.571. The van der Waals surface area contributed by atoms with Gasteiger partial charge in [-0.05, 0) is 13.8 Å². The molecule has 0 aromatic carbocycles. The van der Waals surface area contributed by atoms with Crippen LogP contribution in [0.15, 0.2) is 0 Å². The fourth-order valence-electron chi connectivity index (χ4n) is 1.65. The Morgan fingerprint density at radius 2 is 2.23 bits per heavy atom. The van der Waals surface area contributed by atoms with Crippen LogP contribution in [0.25, 0.3) is 0 Å². The number of ether oxygens (including phenoxy) is 2. The molecule has 1 fully saturated rings. The van der Waals surface area contributed by atoms with E-state index in [1.165, 1.54) is 0 Å². The number of methoxy groups -OCH3 is 1. The van der Waals surface area contributed by atoms with Crippen molar-refractivity contribution in [3.05, 3.63) is 0 Å². The van der Waals surface area contributed by atoms with Crippen LogP contribution in [0.1, 0.15) is 20.3 Å². The van der Waals surface area contributed by atoms with Gasteiger partial charge in [-0.1, -0.05) is 0 Å². The fraction of sp³-hybridized carbons (Fsp3) is 1.00. The van der Waals surface area contributed by atoms with Crippen molar-refractivity contribution in [3.8, 4) is 0 Å². The molecule has 0 aliphatic carbocycles. The van der Waals surface area contributed by atoms with E-state index in [0.29, 0.717) is 6.42 Å². The zero-order valence-electron chi connectivity index (χ0n) is 8.61. The van der Waals surface area contributed by atoms with E-state index in [0.717, 1.165) is 0 Å². The maximum Gasteiger partial charge on any atom is 0.260 e. The van der Waals surface area contributed by atoms with Crippen LogP contribution >= 0.6 is 0 Å². The SMILES string of the molecule is BO[C@H]1C[C@@](C)(OC)[C@@H](O)[C@H](C)O1. The number of aliphatic hydroxyl groups is 1. The third-order valence-corrected chi connectivity index (χ3v) is 2.74.